The molecule has 0 saturated heterocycles. The molecule has 0 aliphatic rings. The molecule has 0 rings (SSSR count). The fourth-order valence-corrected chi connectivity index (χ4v) is 0. The van der Waals surface area contributed by atoms with Crippen molar-refractivity contribution in [3.05, 3.63) is 0 Å². The van der Waals surface area contributed by atoms with Crippen molar-refractivity contribution in [3.8, 4) is 0 Å². The van der Waals surface area contributed by atoms with Crippen molar-refractivity contribution in [2.75, 3.05) is 0 Å². The quantitative estimate of drug-likeness (QED) is 0.400. The van der Waals surface area contributed by atoms with E-state index in [0.29, 0.717) is 0 Å². The van der Waals surface area contributed by atoms with Crippen LogP contribution in [0.3, 0.4) is 0 Å². The molecule has 1 N–H and O–H groups in total. The fraction of sp³-hybridized carbons (Fsp3) is 0. The van der Waals surface area contributed by atoms with Gasteiger partial charge in [-0.05, 0) is 0 Å². The van der Waals surface area contributed by atoms with Gasteiger partial charge in [0.1, 0.15) is 0 Å². The van der Waals surface area contributed by atoms with Crippen LogP contribution in [0.4, 0.5) is 0 Å². The molecule has 0 aromatic carbocycles. The molecule has 0 aliphatic heterocycles. The Hall–Kier alpha value is 0.782. The van der Waals surface area contributed by atoms with E-state index in [1.807, 2.05) is 0 Å². The Morgan fingerprint density at radius 2 is 1.40 bits per heavy atom. The fourth-order valence-electron chi connectivity index (χ4n) is 0. The van der Waals surface area contributed by atoms with E-state index in [9.17, 15) is 0 Å². The summed E-state index contributed by atoms with van der Waals surface area (Å²) in [6.45, 7) is 3.75. The summed E-state index contributed by atoms with van der Waals surface area (Å²) >= 11 is -0.181. The molecule has 31 valence electrons. The van der Waals surface area contributed by atoms with Gasteiger partial charge in [0.25, 0.3) is 0 Å². The standard InChI is InChI=1S/CH2N.2ClH.Cr/c1-2;;;/h1-2H;2*1H;/q-1;;;+3/p-2. The van der Waals surface area contributed by atoms with E-state index in [0.717, 1.165) is 0 Å². The Morgan fingerprint density at radius 3 is 1.40 bits per heavy atom. The maximum absolute atomic E-state index is 5.25. The van der Waals surface area contributed by atoms with Crippen LogP contribution in [0.15, 0.2) is 0 Å². The van der Waals surface area contributed by atoms with Crippen LogP contribution < -0.4 is 0 Å². The number of nitrogens with one attached hydrogen (secondary N) is 1. The topological polar surface area (TPSA) is 23.9 Å². The van der Waals surface area contributed by atoms with Gasteiger partial charge >= 0.3 is 33.5 Å². The second-order valence-corrected chi connectivity index (χ2v) is 2.16. The van der Waals surface area contributed by atoms with Crippen LogP contribution >= 0.6 is 20.1 Å². The molecule has 0 aromatic rings. The average molecular weight is 151 g/mol. The molecule has 0 bridgehead atoms. The van der Waals surface area contributed by atoms with E-state index in [1.165, 1.54) is 0 Å². The first-order valence-electron chi connectivity index (χ1n) is 0.597. The van der Waals surface area contributed by atoms with E-state index < -0.39 is 0 Å². The molecule has 0 aromatic heterocycles. The molecule has 0 saturated carbocycles. The Balaban J connectivity index is 0. The van der Waals surface area contributed by atoms with Gasteiger partial charge in [-0.1, -0.05) is 0 Å². The minimum atomic E-state index is -0.181. The first-order valence-corrected chi connectivity index (χ1v) is 4.11. The maximum atomic E-state index is 5.25. The summed E-state index contributed by atoms with van der Waals surface area (Å²) in [4.78, 5) is 0. The zero-order chi connectivity index (χ0) is 4.71. The predicted molar refractivity (Wildman–Crippen MR) is 20.5 cm³/mol. The van der Waals surface area contributed by atoms with Gasteiger partial charge < -0.3 is 12.1 Å². The first-order chi connectivity index (χ1) is 2.41. The molecule has 0 amide bonds. The van der Waals surface area contributed by atoms with Crippen LogP contribution in [-0.2, 0) is 13.4 Å². The molecule has 0 radical (unpaired) electrons. The van der Waals surface area contributed by atoms with Crippen molar-refractivity contribution < 1.29 is 13.4 Å². The summed E-state index contributed by atoms with van der Waals surface area (Å²) in [6.07, 6.45) is 0. The molecule has 0 heterocycles. The third kappa shape index (κ3) is 60.5. The number of rotatable bonds is 0. The second-order valence-electron chi connectivity index (χ2n) is 0.0583. The van der Waals surface area contributed by atoms with Gasteiger partial charge in [0.2, 0.25) is 0 Å². The Morgan fingerprint density at radius 1 is 1.40 bits per heavy atom. The van der Waals surface area contributed by atoms with E-state index in [4.69, 9.17) is 25.5 Å². The van der Waals surface area contributed by atoms with Crippen LogP contribution in [0.2, 0.25) is 0 Å². The van der Waals surface area contributed by atoms with Crippen molar-refractivity contribution >= 4 is 26.8 Å². The third-order valence-corrected chi connectivity index (χ3v) is 0. The van der Waals surface area contributed by atoms with E-state index >= 15 is 0 Å². The van der Waals surface area contributed by atoms with Crippen molar-refractivity contribution in [3.63, 3.8) is 0 Å². The molecule has 5 heavy (non-hydrogen) atoms. The average Bonchev–Trinajstić information content (AvgIpc) is 1.46. The van der Waals surface area contributed by atoms with Gasteiger partial charge in [0, 0.05) is 0 Å². The second kappa shape index (κ2) is 21.5. The normalized spacial score (nSPS) is 3.60. The SMILES string of the molecule is [CH-]=N.[Cl][Cr+][Cl]. The van der Waals surface area contributed by atoms with E-state index in [-0.39, 0.29) is 13.4 Å². The van der Waals surface area contributed by atoms with Crippen LogP contribution in [-0.4, -0.2) is 6.72 Å². The molecular weight excluding hydrogens is 149 g/mol. The Labute approximate surface area is 45.9 Å². The van der Waals surface area contributed by atoms with Gasteiger partial charge in [0.15, 0.2) is 0 Å². The predicted octanol–water partition coefficient (Wildman–Crippen LogP) is 1.52. The van der Waals surface area contributed by atoms with Crippen molar-refractivity contribution in [1.82, 2.24) is 0 Å². The van der Waals surface area contributed by atoms with Gasteiger partial charge in [0.05, 0.1) is 0 Å². The van der Waals surface area contributed by atoms with Crippen LogP contribution in [0.5, 0.6) is 0 Å². The first kappa shape index (κ1) is 9.24. The Bertz CT molecular complexity index is 13.6. The van der Waals surface area contributed by atoms with E-state index in [2.05, 4.69) is 6.72 Å². The van der Waals surface area contributed by atoms with Crippen LogP contribution in [0.25, 0.3) is 0 Å². The number of hydrogen-bond acceptors (Lipinski definition) is 1. The summed E-state index contributed by atoms with van der Waals surface area (Å²) in [5.74, 6) is 0. The summed E-state index contributed by atoms with van der Waals surface area (Å²) in [5.41, 5.74) is 0. The molecule has 0 unspecified atom stereocenters. The van der Waals surface area contributed by atoms with Gasteiger partial charge in [-0.2, -0.15) is 0 Å². The summed E-state index contributed by atoms with van der Waals surface area (Å²) < 4.78 is 0. The molecular formula is CH2Cl2CrN. The molecule has 0 aliphatic carbocycles. The minimum absolute atomic E-state index is 0.181. The van der Waals surface area contributed by atoms with Crippen molar-refractivity contribution in [2.24, 2.45) is 0 Å². The van der Waals surface area contributed by atoms with E-state index in [1.54, 1.807) is 0 Å². The molecule has 0 fully saturated rings. The molecule has 4 heteroatoms. The Kier molecular flexibility index (Phi) is 39.8. The zero-order valence-electron chi connectivity index (χ0n) is 2.24. The molecule has 1 nitrogen and oxygen atoms in total. The van der Waals surface area contributed by atoms with Crippen molar-refractivity contribution in [2.45, 2.75) is 0 Å². The molecule has 0 atom stereocenters. The molecule has 0 spiro atoms. The number of halogens is 2. The third-order valence-electron chi connectivity index (χ3n) is 0. The summed E-state index contributed by atoms with van der Waals surface area (Å²) in [5, 5.41) is 5.25. The zero-order valence-corrected chi connectivity index (χ0v) is 5.03. The van der Waals surface area contributed by atoms with Gasteiger partial charge in [-0.25, -0.2) is 0 Å². The van der Waals surface area contributed by atoms with Crippen molar-refractivity contribution in [1.29, 1.82) is 5.41 Å². The monoisotopic (exact) mass is 150 g/mol. The van der Waals surface area contributed by atoms with Gasteiger partial charge in [-0.15, -0.1) is 0 Å². The number of hydrogen-bond donors (Lipinski definition) is 1. The van der Waals surface area contributed by atoms with Crippen LogP contribution in [0, 0.1) is 5.41 Å². The summed E-state index contributed by atoms with van der Waals surface area (Å²) in [7, 11) is 9.65. The van der Waals surface area contributed by atoms with Crippen LogP contribution in [0.1, 0.15) is 0 Å². The van der Waals surface area contributed by atoms with Gasteiger partial charge in [-0.3, -0.25) is 0 Å². The summed E-state index contributed by atoms with van der Waals surface area (Å²) in [6, 6.07) is 0.